The van der Waals surface area contributed by atoms with Crippen LogP contribution >= 0.6 is 11.6 Å². The molecule has 2 amide bonds. The number of hydrogen-bond donors (Lipinski definition) is 3. The highest BCUT2D eigenvalue weighted by Gasteiger charge is 2.21. The monoisotopic (exact) mass is 346 g/mol. The van der Waals surface area contributed by atoms with E-state index in [0.29, 0.717) is 16.3 Å². The van der Waals surface area contributed by atoms with E-state index in [1.807, 2.05) is 43.4 Å². The molecular weight excluding hydrogens is 326 g/mol. The first-order valence-electron chi connectivity index (χ1n) is 7.68. The molecule has 0 aromatic heterocycles. The second-order valence-electron chi connectivity index (χ2n) is 5.72. The molecule has 2 atom stereocenters. The summed E-state index contributed by atoms with van der Waals surface area (Å²) in [7, 11) is 0. The Hall–Kier alpha value is -2.37. The van der Waals surface area contributed by atoms with Crippen molar-refractivity contribution in [3.63, 3.8) is 0 Å². The van der Waals surface area contributed by atoms with Crippen molar-refractivity contribution in [2.45, 2.75) is 25.9 Å². The molecule has 5 nitrogen and oxygen atoms in total. The maximum Gasteiger partial charge on any atom is 0.282 e. The Balaban J connectivity index is 1.97. The van der Waals surface area contributed by atoms with Crippen molar-refractivity contribution in [3.05, 3.63) is 64.7 Å². The number of rotatable bonds is 6. The number of benzene rings is 2. The molecule has 0 spiro atoms. The van der Waals surface area contributed by atoms with Crippen LogP contribution in [0.15, 0.2) is 48.5 Å². The van der Waals surface area contributed by atoms with Crippen molar-refractivity contribution < 1.29 is 14.9 Å². The summed E-state index contributed by atoms with van der Waals surface area (Å²) in [4.78, 5) is 23.4. The van der Waals surface area contributed by atoms with Crippen LogP contribution in [0.4, 0.5) is 5.69 Å². The molecule has 0 bridgehead atoms. The molecule has 2 aromatic rings. The van der Waals surface area contributed by atoms with Gasteiger partial charge >= 0.3 is 0 Å². The lowest BCUT2D eigenvalue weighted by Crippen LogP contribution is -2.91. The molecule has 0 saturated carbocycles. The normalized spacial score (nSPS) is 13.1. The molecular formula is C18H21ClN3O2+. The summed E-state index contributed by atoms with van der Waals surface area (Å²) in [6, 6.07) is 13.8. The Bertz CT molecular complexity index is 731. The highest BCUT2D eigenvalue weighted by Crippen LogP contribution is 2.19. The number of primary amides is 1. The molecule has 5 N–H and O–H groups in total. The van der Waals surface area contributed by atoms with E-state index < -0.39 is 5.91 Å². The second-order valence-corrected chi connectivity index (χ2v) is 6.13. The predicted octanol–water partition coefficient (Wildman–Crippen LogP) is 2.09. The average Bonchev–Trinajstić information content (AvgIpc) is 2.55. The van der Waals surface area contributed by atoms with Gasteiger partial charge in [0.1, 0.15) is 6.04 Å². The zero-order chi connectivity index (χ0) is 17.7. The van der Waals surface area contributed by atoms with E-state index in [2.05, 4.69) is 5.32 Å². The number of hydrogen-bond acceptors (Lipinski definition) is 2. The smallest absolute Gasteiger partial charge is 0.282 e. The fourth-order valence-electron chi connectivity index (χ4n) is 2.44. The SMILES string of the molecule is C[C@H]([NH2+][C@H](C)C(=O)Nc1ccc(C(N)=O)cc1)c1ccccc1Cl. The number of anilines is 1. The first-order chi connectivity index (χ1) is 11.4. The zero-order valence-electron chi connectivity index (χ0n) is 13.6. The van der Waals surface area contributed by atoms with Gasteiger partial charge in [0.05, 0.1) is 0 Å². The minimum Gasteiger partial charge on any atom is -0.366 e. The quantitative estimate of drug-likeness (QED) is 0.747. The largest absolute Gasteiger partial charge is 0.366 e. The molecule has 0 aliphatic rings. The molecule has 24 heavy (non-hydrogen) atoms. The van der Waals surface area contributed by atoms with Crippen molar-refractivity contribution in [2.24, 2.45) is 5.73 Å². The van der Waals surface area contributed by atoms with E-state index in [1.54, 1.807) is 24.3 Å². The van der Waals surface area contributed by atoms with Crippen LogP contribution in [0.25, 0.3) is 0 Å². The highest BCUT2D eigenvalue weighted by molar-refractivity contribution is 6.31. The number of halogens is 1. The number of quaternary nitrogens is 1. The highest BCUT2D eigenvalue weighted by atomic mass is 35.5. The number of nitrogens with one attached hydrogen (secondary N) is 1. The predicted molar refractivity (Wildman–Crippen MR) is 94.8 cm³/mol. The Morgan fingerprint density at radius 3 is 2.29 bits per heavy atom. The average molecular weight is 347 g/mol. The van der Waals surface area contributed by atoms with Crippen molar-refractivity contribution >= 4 is 29.1 Å². The van der Waals surface area contributed by atoms with Gasteiger partial charge < -0.3 is 16.4 Å². The lowest BCUT2D eigenvalue weighted by molar-refractivity contribution is -0.709. The van der Waals surface area contributed by atoms with Gasteiger partial charge in [-0.05, 0) is 44.2 Å². The summed E-state index contributed by atoms with van der Waals surface area (Å²) in [6.45, 7) is 3.84. The third kappa shape index (κ3) is 4.57. The van der Waals surface area contributed by atoms with E-state index in [0.717, 1.165) is 5.56 Å². The molecule has 0 fully saturated rings. The summed E-state index contributed by atoms with van der Waals surface area (Å²) in [5, 5.41) is 5.47. The molecule has 2 aromatic carbocycles. The number of carbonyl (C=O) groups is 2. The molecule has 0 unspecified atom stereocenters. The van der Waals surface area contributed by atoms with Gasteiger partial charge in [0, 0.05) is 21.8 Å². The third-order valence-corrected chi connectivity index (χ3v) is 4.17. The van der Waals surface area contributed by atoms with Gasteiger partial charge in [0.15, 0.2) is 6.04 Å². The molecule has 0 heterocycles. The Labute approximate surface area is 146 Å². The van der Waals surface area contributed by atoms with Crippen LogP contribution in [-0.2, 0) is 4.79 Å². The Morgan fingerprint density at radius 1 is 1.08 bits per heavy atom. The van der Waals surface area contributed by atoms with Crippen LogP contribution in [-0.4, -0.2) is 17.9 Å². The molecule has 6 heteroatoms. The van der Waals surface area contributed by atoms with Crippen LogP contribution in [0, 0.1) is 0 Å². The van der Waals surface area contributed by atoms with E-state index in [4.69, 9.17) is 17.3 Å². The first kappa shape index (κ1) is 18.0. The van der Waals surface area contributed by atoms with E-state index in [-0.39, 0.29) is 18.0 Å². The summed E-state index contributed by atoms with van der Waals surface area (Å²) >= 11 is 6.19. The van der Waals surface area contributed by atoms with Crippen LogP contribution in [0.5, 0.6) is 0 Å². The molecule has 0 saturated heterocycles. The molecule has 0 aliphatic carbocycles. The Morgan fingerprint density at radius 2 is 1.71 bits per heavy atom. The number of amides is 2. The van der Waals surface area contributed by atoms with Gasteiger partial charge in [-0.2, -0.15) is 0 Å². The van der Waals surface area contributed by atoms with Crippen molar-refractivity contribution in [1.82, 2.24) is 0 Å². The fraction of sp³-hybridized carbons (Fsp3) is 0.222. The maximum absolute atomic E-state index is 12.3. The standard InChI is InChI=1S/C18H20ClN3O2/c1-11(15-5-3-4-6-16(15)19)21-12(2)18(24)22-14-9-7-13(8-10-14)17(20)23/h3-12,21H,1-2H3,(H2,20,23)(H,22,24)/p+1/t11-,12+/m0/s1. The molecule has 0 aliphatic heterocycles. The van der Waals surface area contributed by atoms with Crippen LogP contribution < -0.4 is 16.4 Å². The zero-order valence-corrected chi connectivity index (χ0v) is 14.4. The summed E-state index contributed by atoms with van der Waals surface area (Å²) in [5.74, 6) is -0.621. The van der Waals surface area contributed by atoms with Crippen molar-refractivity contribution in [2.75, 3.05) is 5.32 Å². The molecule has 0 radical (unpaired) electrons. The summed E-state index contributed by atoms with van der Waals surface area (Å²) in [6.07, 6.45) is 0. The molecule has 2 rings (SSSR count). The van der Waals surface area contributed by atoms with Crippen LogP contribution in [0.3, 0.4) is 0 Å². The van der Waals surface area contributed by atoms with E-state index in [9.17, 15) is 9.59 Å². The summed E-state index contributed by atoms with van der Waals surface area (Å²) in [5.41, 5.74) is 7.21. The maximum atomic E-state index is 12.3. The Kier molecular flexibility index (Phi) is 5.95. The van der Waals surface area contributed by atoms with E-state index in [1.165, 1.54) is 0 Å². The fourth-order valence-corrected chi connectivity index (χ4v) is 2.75. The van der Waals surface area contributed by atoms with Gasteiger partial charge in [-0.25, -0.2) is 0 Å². The third-order valence-electron chi connectivity index (χ3n) is 3.82. The number of carbonyl (C=O) groups excluding carboxylic acids is 2. The van der Waals surface area contributed by atoms with Gasteiger partial charge in [-0.1, -0.05) is 29.8 Å². The first-order valence-corrected chi connectivity index (χ1v) is 8.06. The van der Waals surface area contributed by atoms with Crippen molar-refractivity contribution in [1.29, 1.82) is 0 Å². The molecule has 126 valence electrons. The minimum absolute atomic E-state index is 0.0525. The van der Waals surface area contributed by atoms with Gasteiger partial charge in [0.2, 0.25) is 5.91 Å². The lowest BCUT2D eigenvalue weighted by atomic mass is 10.1. The van der Waals surface area contributed by atoms with Gasteiger partial charge in [-0.15, -0.1) is 0 Å². The second kappa shape index (κ2) is 7.95. The topological polar surface area (TPSA) is 88.8 Å². The summed E-state index contributed by atoms with van der Waals surface area (Å²) < 4.78 is 0. The van der Waals surface area contributed by atoms with Crippen LogP contribution in [0.1, 0.15) is 35.8 Å². The van der Waals surface area contributed by atoms with Gasteiger partial charge in [0.25, 0.3) is 5.91 Å². The number of nitrogens with two attached hydrogens (primary N) is 2. The van der Waals surface area contributed by atoms with Crippen molar-refractivity contribution in [3.8, 4) is 0 Å². The van der Waals surface area contributed by atoms with Crippen LogP contribution in [0.2, 0.25) is 5.02 Å². The minimum atomic E-state index is -0.497. The van der Waals surface area contributed by atoms with Gasteiger partial charge in [-0.3, -0.25) is 9.59 Å². The lowest BCUT2D eigenvalue weighted by Gasteiger charge is -2.17. The van der Waals surface area contributed by atoms with E-state index >= 15 is 0 Å².